The van der Waals surface area contributed by atoms with Crippen LogP contribution in [0.25, 0.3) is 0 Å². The van der Waals surface area contributed by atoms with Crippen LogP contribution in [0, 0.1) is 10.1 Å². The van der Waals surface area contributed by atoms with Crippen molar-refractivity contribution >= 4 is 17.3 Å². The Kier molecular flexibility index (Phi) is 6.54. The van der Waals surface area contributed by atoms with Gasteiger partial charge in [-0.05, 0) is 36.8 Å². The third kappa shape index (κ3) is 5.63. The van der Waals surface area contributed by atoms with Crippen molar-refractivity contribution in [2.24, 2.45) is 0 Å². The molecule has 1 heterocycles. The summed E-state index contributed by atoms with van der Waals surface area (Å²) in [5.41, 5.74) is 1.85. The number of rotatable bonds is 9. The van der Waals surface area contributed by atoms with E-state index in [1.165, 1.54) is 24.3 Å². The molecule has 0 aliphatic heterocycles. The summed E-state index contributed by atoms with van der Waals surface area (Å²) in [5.74, 6) is 0.241. The molecule has 0 bridgehead atoms. The van der Waals surface area contributed by atoms with Crippen LogP contribution in [0.3, 0.4) is 0 Å². The van der Waals surface area contributed by atoms with Crippen molar-refractivity contribution in [2.75, 3.05) is 11.9 Å². The molecule has 2 aromatic carbocycles. The first kappa shape index (κ1) is 20.0. The average Bonchev–Trinajstić information content (AvgIpc) is 3.18. The Morgan fingerprint density at radius 1 is 1.24 bits per heavy atom. The second-order valence-electron chi connectivity index (χ2n) is 6.08. The van der Waals surface area contributed by atoms with Crippen LogP contribution >= 0.6 is 0 Å². The number of nitro groups is 1. The van der Waals surface area contributed by atoms with Gasteiger partial charge in [0.05, 0.1) is 23.0 Å². The molecule has 3 rings (SSSR count). The number of hydrogen-bond donors (Lipinski definition) is 1. The molecule has 9 heteroatoms. The number of carbonyl (C=O) groups is 1. The van der Waals surface area contributed by atoms with Gasteiger partial charge in [-0.1, -0.05) is 12.1 Å². The van der Waals surface area contributed by atoms with Crippen LogP contribution < -0.4 is 10.1 Å². The molecule has 0 saturated heterocycles. The van der Waals surface area contributed by atoms with Gasteiger partial charge in [0.2, 0.25) is 0 Å². The van der Waals surface area contributed by atoms with Gasteiger partial charge in [0.15, 0.2) is 0 Å². The second kappa shape index (κ2) is 9.47. The number of hydrogen-bond acceptors (Lipinski definition) is 6. The maximum Gasteiger partial charge on any atom is 0.269 e. The van der Waals surface area contributed by atoms with Crippen molar-refractivity contribution in [2.45, 2.75) is 20.3 Å². The van der Waals surface area contributed by atoms with Crippen LogP contribution in [0.5, 0.6) is 5.75 Å². The Morgan fingerprint density at radius 2 is 2.03 bits per heavy atom. The molecule has 0 saturated carbocycles. The predicted molar refractivity (Wildman–Crippen MR) is 106 cm³/mol. The highest BCUT2D eigenvalue weighted by Crippen LogP contribution is 2.19. The van der Waals surface area contributed by atoms with Gasteiger partial charge in [-0.3, -0.25) is 14.9 Å². The lowest BCUT2D eigenvalue weighted by molar-refractivity contribution is -0.384. The van der Waals surface area contributed by atoms with Crippen molar-refractivity contribution in [3.63, 3.8) is 0 Å². The van der Waals surface area contributed by atoms with E-state index >= 15 is 0 Å². The van der Waals surface area contributed by atoms with Crippen molar-refractivity contribution < 1.29 is 19.2 Å². The van der Waals surface area contributed by atoms with Crippen LogP contribution in [0.15, 0.2) is 60.9 Å². The van der Waals surface area contributed by atoms with Crippen molar-refractivity contribution in [3.05, 3.63) is 82.2 Å². The fraction of sp³-hybridized carbons (Fsp3) is 0.200. The van der Waals surface area contributed by atoms with Gasteiger partial charge in [0.25, 0.3) is 11.6 Å². The number of amides is 1. The second-order valence-corrected chi connectivity index (χ2v) is 6.08. The lowest BCUT2D eigenvalue weighted by atomic mass is 10.1. The standard InChI is InChI=1S/C20H20N4O5/c1-2-28-14-23-12-17(11-21-23)22-20(25)16-5-3-4-15(10-16)13-29-19-8-6-18(7-9-19)24(26)27/h3-12H,2,13-14H2,1H3,(H,22,25). The maximum absolute atomic E-state index is 12.5. The summed E-state index contributed by atoms with van der Waals surface area (Å²) in [6.45, 7) is 3.02. The Hall–Kier alpha value is -3.72. The summed E-state index contributed by atoms with van der Waals surface area (Å²) < 4.78 is 12.5. The highest BCUT2D eigenvalue weighted by molar-refractivity contribution is 6.04. The van der Waals surface area contributed by atoms with E-state index in [0.717, 1.165) is 5.56 Å². The van der Waals surface area contributed by atoms with Gasteiger partial charge < -0.3 is 14.8 Å². The SMILES string of the molecule is CCOCn1cc(NC(=O)c2cccc(COc3ccc([N+](=O)[O-])cc3)c2)cn1. The minimum absolute atomic E-state index is 0.000553. The largest absolute Gasteiger partial charge is 0.489 e. The number of anilines is 1. The van der Waals surface area contributed by atoms with E-state index in [1.54, 1.807) is 35.3 Å². The van der Waals surface area contributed by atoms with E-state index in [4.69, 9.17) is 9.47 Å². The molecule has 0 atom stereocenters. The molecule has 1 aromatic heterocycles. The molecular formula is C20H20N4O5. The fourth-order valence-electron chi connectivity index (χ4n) is 2.52. The Balaban J connectivity index is 1.59. The van der Waals surface area contributed by atoms with Gasteiger partial charge in [-0.25, -0.2) is 4.68 Å². The normalized spacial score (nSPS) is 10.5. The number of nitro benzene ring substituents is 1. The van der Waals surface area contributed by atoms with Crippen LogP contribution in [0.4, 0.5) is 11.4 Å². The first-order valence-corrected chi connectivity index (χ1v) is 8.93. The van der Waals surface area contributed by atoms with E-state index in [9.17, 15) is 14.9 Å². The van der Waals surface area contributed by atoms with Gasteiger partial charge in [0.1, 0.15) is 19.1 Å². The molecule has 0 unspecified atom stereocenters. The first-order valence-electron chi connectivity index (χ1n) is 8.93. The zero-order valence-corrected chi connectivity index (χ0v) is 15.8. The summed E-state index contributed by atoms with van der Waals surface area (Å²) in [5, 5.41) is 17.6. The molecule has 0 spiro atoms. The molecule has 29 heavy (non-hydrogen) atoms. The van der Waals surface area contributed by atoms with E-state index in [2.05, 4.69) is 10.4 Å². The summed E-state index contributed by atoms with van der Waals surface area (Å²) >= 11 is 0. The highest BCUT2D eigenvalue weighted by Gasteiger charge is 2.09. The number of nitrogens with one attached hydrogen (secondary N) is 1. The molecule has 0 radical (unpaired) electrons. The number of non-ortho nitro benzene ring substituents is 1. The molecule has 1 amide bonds. The topological polar surface area (TPSA) is 109 Å². The summed E-state index contributed by atoms with van der Waals surface area (Å²) in [4.78, 5) is 22.7. The lowest BCUT2D eigenvalue weighted by Gasteiger charge is -2.08. The quantitative estimate of drug-likeness (QED) is 0.437. The zero-order chi connectivity index (χ0) is 20.6. The van der Waals surface area contributed by atoms with Crippen molar-refractivity contribution in [3.8, 4) is 5.75 Å². The number of benzene rings is 2. The third-order valence-electron chi connectivity index (χ3n) is 3.96. The summed E-state index contributed by atoms with van der Waals surface area (Å²) in [7, 11) is 0. The van der Waals surface area contributed by atoms with E-state index in [-0.39, 0.29) is 18.2 Å². The molecule has 0 fully saturated rings. The van der Waals surface area contributed by atoms with Crippen LogP contribution in [0.1, 0.15) is 22.8 Å². The number of aromatic nitrogens is 2. The minimum atomic E-state index is -0.466. The predicted octanol–water partition coefficient (Wildman–Crippen LogP) is 3.62. The summed E-state index contributed by atoms with van der Waals surface area (Å²) in [6.07, 6.45) is 3.24. The molecule has 3 aromatic rings. The smallest absolute Gasteiger partial charge is 0.269 e. The van der Waals surface area contributed by atoms with Crippen molar-refractivity contribution in [1.82, 2.24) is 9.78 Å². The monoisotopic (exact) mass is 396 g/mol. The van der Waals surface area contributed by atoms with Gasteiger partial charge in [-0.15, -0.1) is 0 Å². The fourth-order valence-corrected chi connectivity index (χ4v) is 2.52. The van der Waals surface area contributed by atoms with Crippen LogP contribution in [-0.4, -0.2) is 27.2 Å². The molecule has 9 nitrogen and oxygen atoms in total. The average molecular weight is 396 g/mol. The van der Waals surface area contributed by atoms with Crippen LogP contribution in [-0.2, 0) is 18.1 Å². The van der Waals surface area contributed by atoms with E-state index < -0.39 is 4.92 Å². The van der Waals surface area contributed by atoms with Crippen molar-refractivity contribution in [1.29, 1.82) is 0 Å². The Morgan fingerprint density at radius 3 is 2.76 bits per heavy atom. The first-order chi connectivity index (χ1) is 14.0. The Bertz CT molecular complexity index is 985. The highest BCUT2D eigenvalue weighted by atomic mass is 16.6. The van der Waals surface area contributed by atoms with Crippen LogP contribution in [0.2, 0.25) is 0 Å². The third-order valence-corrected chi connectivity index (χ3v) is 3.96. The number of nitrogens with zero attached hydrogens (tertiary/aromatic N) is 3. The number of carbonyl (C=O) groups excluding carboxylic acids is 1. The number of ether oxygens (including phenoxy) is 2. The van der Waals surface area contributed by atoms with Gasteiger partial charge >= 0.3 is 0 Å². The molecule has 1 N–H and O–H groups in total. The molecular weight excluding hydrogens is 376 g/mol. The molecule has 0 aliphatic rings. The van der Waals surface area contributed by atoms with Gasteiger partial charge in [-0.2, -0.15) is 5.10 Å². The minimum Gasteiger partial charge on any atom is -0.489 e. The van der Waals surface area contributed by atoms with Gasteiger partial charge in [0, 0.05) is 24.3 Å². The maximum atomic E-state index is 12.5. The Labute approximate surface area is 167 Å². The lowest BCUT2D eigenvalue weighted by Crippen LogP contribution is -2.12. The summed E-state index contributed by atoms with van der Waals surface area (Å²) in [6, 6.07) is 12.9. The zero-order valence-electron chi connectivity index (χ0n) is 15.8. The van der Waals surface area contributed by atoms with E-state index in [0.29, 0.717) is 30.3 Å². The van der Waals surface area contributed by atoms with E-state index in [1.807, 2.05) is 13.0 Å². The molecule has 150 valence electrons. The molecule has 0 aliphatic carbocycles.